The van der Waals surface area contributed by atoms with E-state index in [9.17, 15) is 4.79 Å². The van der Waals surface area contributed by atoms with Crippen LogP contribution in [0.15, 0.2) is 42.9 Å². The number of piperidine rings is 1. The number of hydrogen-bond donors (Lipinski definition) is 0. The number of aromatic nitrogens is 4. The lowest BCUT2D eigenvalue weighted by Crippen LogP contribution is -2.39. The molecule has 2 aromatic heterocycles. The van der Waals surface area contributed by atoms with Gasteiger partial charge in [0.1, 0.15) is 5.75 Å². The number of rotatable bonds is 4. The van der Waals surface area contributed by atoms with E-state index >= 15 is 0 Å². The number of amides is 1. The maximum Gasteiger partial charge on any atom is 0.257 e. The van der Waals surface area contributed by atoms with E-state index in [-0.39, 0.29) is 11.8 Å². The summed E-state index contributed by atoms with van der Waals surface area (Å²) in [6, 6.07) is 7.84. The molecule has 3 aromatic rings. The molecule has 29 heavy (non-hydrogen) atoms. The number of likely N-dealkylation sites (tertiary alicyclic amines) is 1. The third-order valence-corrected chi connectivity index (χ3v) is 5.21. The van der Waals surface area contributed by atoms with Gasteiger partial charge in [0.05, 0.1) is 23.1 Å². The van der Waals surface area contributed by atoms with Crippen LogP contribution in [0.1, 0.15) is 46.1 Å². The number of nitrogens with zero attached hydrogens (tertiary/aromatic N) is 5. The van der Waals surface area contributed by atoms with Crippen LogP contribution in [0, 0.1) is 13.8 Å². The lowest BCUT2D eigenvalue weighted by Gasteiger charge is -2.32. The molecule has 3 heterocycles. The van der Waals surface area contributed by atoms with Crippen molar-refractivity contribution in [1.82, 2.24) is 24.6 Å². The average molecular weight is 391 g/mol. The monoisotopic (exact) mass is 391 g/mol. The molecule has 0 saturated carbocycles. The summed E-state index contributed by atoms with van der Waals surface area (Å²) in [7, 11) is 1.83. The van der Waals surface area contributed by atoms with E-state index < -0.39 is 0 Å². The molecule has 1 unspecified atom stereocenters. The fourth-order valence-corrected chi connectivity index (χ4v) is 3.79. The molecule has 1 aromatic carbocycles. The van der Waals surface area contributed by atoms with Crippen LogP contribution in [0.3, 0.4) is 0 Å². The predicted octanol–water partition coefficient (Wildman–Crippen LogP) is 3.64. The van der Waals surface area contributed by atoms with Gasteiger partial charge in [0.2, 0.25) is 5.88 Å². The van der Waals surface area contributed by atoms with E-state index in [0.29, 0.717) is 18.0 Å². The fraction of sp³-hybridized carbons (Fsp3) is 0.364. The van der Waals surface area contributed by atoms with Gasteiger partial charge in [0.15, 0.2) is 0 Å². The molecule has 0 N–H and O–H groups in total. The SMILES string of the molecule is Cc1cccc(Oc2cncc(C3CCCN(C(=O)c4cn(C)nc4C)C3)n2)c1. The molecule has 150 valence electrons. The number of ether oxygens (including phenoxy) is 1. The van der Waals surface area contributed by atoms with E-state index in [1.165, 1.54) is 0 Å². The van der Waals surface area contributed by atoms with Crippen LogP contribution < -0.4 is 4.74 Å². The summed E-state index contributed by atoms with van der Waals surface area (Å²) in [5.41, 5.74) is 3.40. The molecule has 0 bridgehead atoms. The van der Waals surface area contributed by atoms with Crippen molar-refractivity contribution in [2.45, 2.75) is 32.6 Å². The van der Waals surface area contributed by atoms with Crippen LogP contribution in [0.25, 0.3) is 0 Å². The quantitative estimate of drug-likeness (QED) is 0.679. The molecule has 7 heteroatoms. The van der Waals surface area contributed by atoms with Crippen molar-refractivity contribution in [3.8, 4) is 11.6 Å². The van der Waals surface area contributed by atoms with Gasteiger partial charge in [0, 0.05) is 38.4 Å². The van der Waals surface area contributed by atoms with Gasteiger partial charge in [-0.2, -0.15) is 5.10 Å². The molecular formula is C22H25N5O2. The number of carbonyl (C=O) groups excluding carboxylic acids is 1. The highest BCUT2D eigenvalue weighted by Gasteiger charge is 2.28. The van der Waals surface area contributed by atoms with E-state index in [1.54, 1.807) is 23.3 Å². The standard InChI is InChI=1S/C22H25N5O2/c1-15-6-4-8-18(10-15)29-21-12-23-11-20(24-21)17-7-5-9-27(13-17)22(28)19-14-26(3)25-16(19)2/h4,6,8,10-12,14,17H,5,7,9,13H2,1-3H3. The van der Waals surface area contributed by atoms with Crippen LogP contribution in [-0.2, 0) is 7.05 Å². The Labute approximate surface area is 170 Å². The maximum atomic E-state index is 13.0. The molecule has 1 aliphatic heterocycles. The first-order valence-electron chi connectivity index (χ1n) is 9.85. The Balaban J connectivity index is 1.49. The third-order valence-electron chi connectivity index (χ3n) is 5.21. The highest BCUT2D eigenvalue weighted by Crippen LogP contribution is 2.28. The summed E-state index contributed by atoms with van der Waals surface area (Å²) in [5, 5.41) is 4.29. The highest BCUT2D eigenvalue weighted by molar-refractivity contribution is 5.95. The van der Waals surface area contributed by atoms with Crippen molar-refractivity contribution >= 4 is 5.91 Å². The summed E-state index contributed by atoms with van der Waals surface area (Å²) in [6.07, 6.45) is 7.09. The molecule has 1 amide bonds. The van der Waals surface area contributed by atoms with Crippen LogP contribution in [-0.4, -0.2) is 43.6 Å². The Morgan fingerprint density at radius 3 is 2.86 bits per heavy atom. The van der Waals surface area contributed by atoms with Crippen molar-refractivity contribution in [3.63, 3.8) is 0 Å². The first-order chi connectivity index (χ1) is 14.0. The zero-order valence-electron chi connectivity index (χ0n) is 17.0. The zero-order chi connectivity index (χ0) is 20.4. The van der Waals surface area contributed by atoms with Crippen molar-refractivity contribution in [3.05, 3.63) is 65.4 Å². The Bertz CT molecular complexity index is 1030. The first kappa shape index (κ1) is 19.1. The third kappa shape index (κ3) is 4.29. The van der Waals surface area contributed by atoms with Gasteiger partial charge in [-0.05, 0) is 44.4 Å². The van der Waals surface area contributed by atoms with Gasteiger partial charge in [-0.3, -0.25) is 14.5 Å². The highest BCUT2D eigenvalue weighted by atomic mass is 16.5. The zero-order valence-corrected chi connectivity index (χ0v) is 17.0. The molecule has 1 atom stereocenters. The lowest BCUT2D eigenvalue weighted by molar-refractivity contribution is 0.0705. The normalized spacial score (nSPS) is 16.7. The maximum absolute atomic E-state index is 13.0. The Kier molecular flexibility index (Phi) is 5.29. The number of hydrogen-bond acceptors (Lipinski definition) is 5. The van der Waals surface area contributed by atoms with Gasteiger partial charge in [-0.15, -0.1) is 0 Å². The summed E-state index contributed by atoms with van der Waals surface area (Å²) < 4.78 is 7.57. The number of aryl methyl sites for hydroxylation is 3. The second-order valence-electron chi connectivity index (χ2n) is 7.59. The molecule has 7 nitrogen and oxygen atoms in total. The lowest BCUT2D eigenvalue weighted by atomic mass is 9.94. The Morgan fingerprint density at radius 1 is 1.24 bits per heavy atom. The van der Waals surface area contributed by atoms with Crippen LogP contribution in [0.2, 0.25) is 0 Å². The van der Waals surface area contributed by atoms with Gasteiger partial charge < -0.3 is 9.64 Å². The van der Waals surface area contributed by atoms with Crippen LogP contribution >= 0.6 is 0 Å². The molecule has 1 aliphatic rings. The van der Waals surface area contributed by atoms with Gasteiger partial charge in [0.25, 0.3) is 5.91 Å². The smallest absolute Gasteiger partial charge is 0.257 e. The minimum atomic E-state index is 0.0282. The Hall–Kier alpha value is -3.22. The topological polar surface area (TPSA) is 73.1 Å². The van der Waals surface area contributed by atoms with Crippen LogP contribution in [0.4, 0.5) is 0 Å². The van der Waals surface area contributed by atoms with Crippen LogP contribution in [0.5, 0.6) is 11.6 Å². The largest absolute Gasteiger partial charge is 0.437 e. The second kappa shape index (κ2) is 8.03. The summed E-state index contributed by atoms with van der Waals surface area (Å²) in [5.74, 6) is 1.38. The minimum Gasteiger partial charge on any atom is -0.437 e. The average Bonchev–Trinajstić information content (AvgIpc) is 3.06. The van der Waals surface area contributed by atoms with Crippen molar-refractivity contribution in [2.24, 2.45) is 7.05 Å². The van der Waals surface area contributed by atoms with E-state index in [1.807, 2.05) is 50.1 Å². The molecule has 4 rings (SSSR count). The van der Waals surface area contributed by atoms with Gasteiger partial charge in [-0.25, -0.2) is 4.98 Å². The molecule has 1 saturated heterocycles. The predicted molar refractivity (Wildman–Crippen MR) is 109 cm³/mol. The summed E-state index contributed by atoms with van der Waals surface area (Å²) >= 11 is 0. The van der Waals surface area contributed by atoms with E-state index in [2.05, 4.69) is 15.1 Å². The van der Waals surface area contributed by atoms with Crippen molar-refractivity contribution in [2.75, 3.05) is 13.1 Å². The molecular weight excluding hydrogens is 366 g/mol. The van der Waals surface area contributed by atoms with Gasteiger partial charge >= 0.3 is 0 Å². The molecule has 0 spiro atoms. The first-order valence-corrected chi connectivity index (χ1v) is 9.85. The van der Waals surface area contributed by atoms with Crippen molar-refractivity contribution in [1.29, 1.82) is 0 Å². The number of carbonyl (C=O) groups is 1. The fourth-order valence-electron chi connectivity index (χ4n) is 3.79. The van der Waals surface area contributed by atoms with E-state index in [4.69, 9.17) is 4.74 Å². The Morgan fingerprint density at radius 2 is 2.10 bits per heavy atom. The summed E-state index contributed by atoms with van der Waals surface area (Å²) in [4.78, 5) is 23.8. The minimum absolute atomic E-state index is 0.0282. The van der Waals surface area contributed by atoms with E-state index in [0.717, 1.165) is 42.1 Å². The molecule has 1 fully saturated rings. The summed E-state index contributed by atoms with van der Waals surface area (Å²) in [6.45, 7) is 5.26. The van der Waals surface area contributed by atoms with Gasteiger partial charge in [-0.1, -0.05) is 12.1 Å². The van der Waals surface area contributed by atoms with Crippen molar-refractivity contribution < 1.29 is 9.53 Å². The molecule has 0 aliphatic carbocycles. The molecule has 0 radical (unpaired) electrons. The number of benzene rings is 1. The second-order valence-corrected chi connectivity index (χ2v) is 7.59.